The van der Waals surface area contributed by atoms with E-state index in [9.17, 15) is 8.42 Å². The molecule has 1 N–H and O–H groups in total. The largest absolute Gasteiger partial charge is 0.357 e. The van der Waals surface area contributed by atoms with E-state index in [1.807, 2.05) is 6.92 Å². The first-order valence-corrected chi connectivity index (χ1v) is 9.45. The number of rotatable bonds is 5. The highest BCUT2D eigenvalue weighted by Crippen LogP contribution is 2.32. The fourth-order valence-corrected chi connectivity index (χ4v) is 5.06. The second-order valence-electron chi connectivity index (χ2n) is 5.43. The van der Waals surface area contributed by atoms with Crippen molar-refractivity contribution < 1.29 is 8.42 Å². The third-order valence-corrected chi connectivity index (χ3v) is 6.95. The Bertz CT molecular complexity index is 560. The highest BCUT2D eigenvalue weighted by Gasteiger charge is 2.41. The number of aromatic nitrogens is 2. The SMILES string of the molecule is CCc1nsc(NC2CCN(S(=O)(=O)C3CC3)CC2)n1. The fraction of sp³-hybridized carbons (Fsp3) is 0.833. The van der Waals surface area contributed by atoms with Gasteiger partial charge in [0.1, 0.15) is 5.82 Å². The zero-order valence-electron chi connectivity index (χ0n) is 11.6. The van der Waals surface area contributed by atoms with Gasteiger partial charge in [-0.2, -0.15) is 4.37 Å². The molecule has 20 heavy (non-hydrogen) atoms. The normalized spacial score (nSPS) is 22.1. The van der Waals surface area contributed by atoms with Crippen molar-refractivity contribution in [2.75, 3.05) is 18.4 Å². The lowest BCUT2D eigenvalue weighted by Crippen LogP contribution is -2.43. The number of nitrogens with zero attached hydrogens (tertiary/aromatic N) is 3. The van der Waals surface area contributed by atoms with E-state index >= 15 is 0 Å². The van der Waals surface area contributed by atoms with E-state index in [0.29, 0.717) is 19.1 Å². The molecule has 6 nitrogen and oxygen atoms in total. The summed E-state index contributed by atoms with van der Waals surface area (Å²) in [6.45, 7) is 3.28. The summed E-state index contributed by atoms with van der Waals surface area (Å²) in [5, 5.41) is 4.13. The summed E-state index contributed by atoms with van der Waals surface area (Å²) in [5.74, 6) is 0.867. The fourth-order valence-electron chi connectivity index (χ4n) is 2.46. The van der Waals surface area contributed by atoms with Crippen molar-refractivity contribution in [2.45, 2.75) is 50.3 Å². The maximum atomic E-state index is 12.1. The van der Waals surface area contributed by atoms with Crippen molar-refractivity contribution in [2.24, 2.45) is 0 Å². The third kappa shape index (κ3) is 2.96. The molecule has 3 rings (SSSR count). The predicted octanol–water partition coefficient (Wildman–Crippen LogP) is 1.47. The molecule has 0 atom stereocenters. The molecule has 2 heterocycles. The van der Waals surface area contributed by atoms with Gasteiger partial charge in [0.15, 0.2) is 0 Å². The highest BCUT2D eigenvalue weighted by atomic mass is 32.2. The van der Waals surface area contributed by atoms with E-state index in [4.69, 9.17) is 0 Å². The van der Waals surface area contributed by atoms with Crippen molar-refractivity contribution in [3.63, 3.8) is 0 Å². The second kappa shape index (κ2) is 5.57. The van der Waals surface area contributed by atoms with Gasteiger partial charge in [-0.15, -0.1) is 0 Å². The summed E-state index contributed by atoms with van der Waals surface area (Å²) in [6, 6.07) is 0.304. The van der Waals surface area contributed by atoms with E-state index in [1.165, 1.54) is 11.5 Å². The number of piperidine rings is 1. The van der Waals surface area contributed by atoms with Crippen LogP contribution in [0.3, 0.4) is 0 Å². The maximum Gasteiger partial charge on any atom is 0.216 e. The number of anilines is 1. The Balaban J connectivity index is 1.53. The molecule has 1 aromatic rings. The number of hydrogen-bond acceptors (Lipinski definition) is 6. The van der Waals surface area contributed by atoms with Crippen molar-refractivity contribution >= 4 is 26.7 Å². The molecule has 1 saturated carbocycles. The standard InChI is InChI=1S/C12H20N4O2S2/c1-2-11-14-12(19-15-11)13-9-5-7-16(8-6-9)20(17,18)10-3-4-10/h9-10H,2-8H2,1H3,(H,13,14,15). The molecule has 0 bridgehead atoms. The predicted molar refractivity (Wildman–Crippen MR) is 79.4 cm³/mol. The van der Waals surface area contributed by atoms with E-state index in [-0.39, 0.29) is 5.25 Å². The summed E-state index contributed by atoms with van der Waals surface area (Å²) in [4.78, 5) is 4.39. The Morgan fingerprint density at radius 1 is 1.30 bits per heavy atom. The van der Waals surface area contributed by atoms with Crippen LogP contribution in [0.2, 0.25) is 0 Å². The minimum atomic E-state index is -3.00. The molecule has 2 fully saturated rings. The lowest BCUT2D eigenvalue weighted by Gasteiger charge is -2.31. The van der Waals surface area contributed by atoms with Crippen LogP contribution >= 0.6 is 11.5 Å². The Labute approximate surface area is 123 Å². The van der Waals surface area contributed by atoms with Gasteiger partial charge in [0.05, 0.1) is 5.25 Å². The van der Waals surface area contributed by atoms with Gasteiger partial charge in [0.2, 0.25) is 15.2 Å². The molecule has 0 radical (unpaired) electrons. The molecule has 1 aliphatic carbocycles. The van der Waals surface area contributed by atoms with Crippen LogP contribution in [0, 0.1) is 0 Å². The maximum absolute atomic E-state index is 12.1. The monoisotopic (exact) mass is 316 g/mol. The first-order valence-electron chi connectivity index (χ1n) is 7.17. The van der Waals surface area contributed by atoms with Gasteiger partial charge in [-0.25, -0.2) is 17.7 Å². The van der Waals surface area contributed by atoms with Crippen molar-refractivity contribution in [1.29, 1.82) is 0 Å². The van der Waals surface area contributed by atoms with Gasteiger partial charge in [-0.1, -0.05) is 6.92 Å². The first-order chi connectivity index (χ1) is 9.59. The quantitative estimate of drug-likeness (QED) is 0.890. The first kappa shape index (κ1) is 14.2. The summed E-state index contributed by atoms with van der Waals surface area (Å²) in [5.41, 5.74) is 0. The van der Waals surface area contributed by atoms with Gasteiger partial charge in [-0.05, 0) is 25.7 Å². The van der Waals surface area contributed by atoms with Crippen molar-refractivity contribution in [3.8, 4) is 0 Å². The Hall–Kier alpha value is -0.730. The average Bonchev–Trinajstić information content (AvgIpc) is 3.22. The summed E-state index contributed by atoms with van der Waals surface area (Å²) in [6.07, 6.45) is 4.20. The Morgan fingerprint density at radius 2 is 2.00 bits per heavy atom. The molecule has 1 aliphatic heterocycles. The molecule has 2 aliphatic rings. The minimum Gasteiger partial charge on any atom is -0.357 e. The molecule has 0 amide bonds. The molecule has 0 aromatic carbocycles. The molecule has 112 valence electrons. The van der Waals surface area contributed by atoms with E-state index < -0.39 is 10.0 Å². The molecule has 1 saturated heterocycles. The lowest BCUT2D eigenvalue weighted by atomic mass is 10.1. The zero-order valence-corrected chi connectivity index (χ0v) is 13.2. The Morgan fingerprint density at radius 3 is 2.55 bits per heavy atom. The van der Waals surface area contributed by atoms with Gasteiger partial charge in [-0.3, -0.25) is 0 Å². The van der Waals surface area contributed by atoms with Crippen LogP contribution in [0.1, 0.15) is 38.4 Å². The zero-order chi connectivity index (χ0) is 14.2. The molecule has 0 unspecified atom stereocenters. The van der Waals surface area contributed by atoms with Gasteiger partial charge < -0.3 is 5.32 Å². The van der Waals surface area contributed by atoms with E-state index in [2.05, 4.69) is 14.7 Å². The molecule has 8 heteroatoms. The molecular formula is C12H20N4O2S2. The minimum absolute atomic E-state index is 0.0951. The second-order valence-corrected chi connectivity index (χ2v) is 8.40. The number of aryl methyl sites for hydroxylation is 1. The van der Waals surface area contributed by atoms with Gasteiger partial charge in [0.25, 0.3) is 0 Å². The number of nitrogens with one attached hydrogen (secondary N) is 1. The molecule has 1 aromatic heterocycles. The van der Waals surface area contributed by atoms with Crippen LogP contribution in [-0.4, -0.2) is 46.5 Å². The van der Waals surface area contributed by atoms with Crippen LogP contribution in [0.25, 0.3) is 0 Å². The van der Waals surface area contributed by atoms with Crippen LogP contribution in [0.4, 0.5) is 5.13 Å². The molecule has 0 spiro atoms. The summed E-state index contributed by atoms with van der Waals surface area (Å²) < 4.78 is 30.2. The van der Waals surface area contributed by atoms with Crippen LogP contribution in [0.15, 0.2) is 0 Å². The van der Waals surface area contributed by atoms with Crippen LogP contribution < -0.4 is 5.32 Å². The van der Waals surface area contributed by atoms with E-state index in [1.54, 1.807) is 4.31 Å². The van der Waals surface area contributed by atoms with Crippen molar-refractivity contribution in [1.82, 2.24) is 13.7 Å². The summed E-state index contributed by atoms with van der Waals surface area (Å²) >= 11 is 1.38. The average molecular weight is 316 g/mol. The van der Waals surface area contributed by atoms with Gasteiger partial charge >= 0.3 is 0 Å². The lowest BCUT2D eigenvalue weighted by molar-refractivity contribution is 0.329. The Kier molecular flexibility index (Phi) is 3.96. The summed E-state index contributed by atoms with van der Waals surface area (Å²) in [7, 11) is -3.00. The number of sulfonamides is 1. The van der Waals surface area contributed by atoms with E-state index in [0.717, 1.165) is 43.1 Å². The highest BCUT2D eigenvalue weighted by molar-refractivity contribution is 7.90. The molecular weight excluding hydrogens is 296 g/mol. The smallest absolute Gasteiger partial charge is 0.216 e. The third-order valence-electron chi connectivity index (χ3n) is 3.87. The van der Waals surface area contributed by atoms with Crippen LogP contribution in [0.5, 0.6) is 0 Å². The van der Waals surface area contributed by atoms with Gasteiger partial charge in [0, 0.05) is 37.1 Å². The topological polar surface area (TPSA) is 75.2 Å². The number of hydrogen-bond donors (Lipinski definition) is 1. The van der Waals surface area contributed by atoms with Crippen LogP contribution in [-0.2, 0) is 16.4 Å². The van der Waals surface area contributed by atoms with Crippen molar-refractivity contribution in [3.05, 3.63) is 5.82 Å².